The van der Waals surface area contributed by atoms with Crippen LogP contribution in [0.1, 0.15) is 20.7 Å². The van der Waals surface area contributed by atoms with Gasteiger partial charge in [0.15, 0.2) is 6.61 Å². The lowest BCUT2D eigenvalue weighted by molar-refractivity contribution is -0.125. The molecule has 0 unspecified atom stereocenters. The Morgan fingerprint density at radius 3 is 2.34 bits per heavy atom. The Labute approximate surface area is 206 Å². The molecule has 0 atom stereocenters. The zero-order valence-corrected chi connectivity index (χ0v) is 19.6. The number of carbonyl (C=O) groups excluding carboxylic acids is 4. The van der Waals surface area contributed by atoms with Gasteiger partial charge in [-0.3, -0.25) is 25.2 Å². The number of hydrogen-bond acceptors (Lipinski definition) is 7. The Morgan fingerprint density at radius 1 is 0.829 bits per heavy atom. The van der Waals surface area contributed by atoms with Gasteiger partial charge in [-0.05, 0) is 36.4 Å². The minimum absolute atomic E-state index is 0.0491. The van der Waals surface area contributed by atoms with Gasteiger partial charge in [0.25, 0.3) is 11.8 Å². The highest BCUT2D eigenvalue weighted by atomic mass is 32.2. The molecule has 9 nitrogen and oxygen atoms in total. The molecule has 180 valence electrons. The van der Waals surface area contributed by atoms with Crippen LogP contribution in [0.15, 0.2) is 83.8 Å². The molecule has 3 rings (SSSR count). The van der Waals surface area contributed by atoms with Crippen LogP contribution in [0.5, 0.6) is 5.75 Å². The highest BCUT2D eigenvalue weighted by molar-refractivity contribution is 8.00. The summed E-state index contributed by atoms with van der Waals surface area (Å²) in [5, 5.41) is 2.77. The van der Waals surface area contributed by atoms with Gasteiger partial charge >= 0.3 is 5.97 Å². The van der Waals surface area contributed by atoms with Crippen LogP contribution in [0.3, 0.4) is 0 Å². The molecule has 0 heterocycles. The van der Waals surface area contributed by atoms with E-state index in [0.29, 0.717) is 21.9 Å². The summed E-state index contributed by atoms with van der Waals surface area (Å²) in [4.78, 5) is 49.3. The second-order valence-electron chi connectivity index (χ2n) is 7.01. The molecular weight excluding hydrogens is 470 g/mol. The van der Waals surface area contributed by atoms with Crippen LogP contribution in [0.25, 0.3) is 0 Å². The van der Waals surface area contributed by atoms with Crippen molar-refractivity contribution in [2.45, 2.75) is 4.90 Å². The number of benzene rings is 3. The highest BCUT2D eigenvalue weighted by Gasteiger charge is 2.16. The monoisotopic (exact) mass is 493 g/mol. The Hall–Kier alpha value is -4.31. The summed E-state index contributed by atoms with van der Waals surface area (Å²) in [6.45, 7) is -0.594. The number of nitrogens with one attached hydrogen (secondary N) is 3. The number of ether oxygens (including phenoxy) is 2. The Kier molecular flexibility index (Phi) is 9.26. The Bertz CT molecular complexity index is 1200. The molecular formula is C25H23N3O6S. The lowest BCUT2D eigenvalue weighted by Crippen LogP contribution is -2.43. The average Bonchev–Trinajstić information content (AvgIpc) is 2.90. The molecule has 0 aromatic heterocycles. The van der Waals surface area contributed by atoms with Gasteiger partial charge in [-0.25, -0.2) is 4.79 Å². The van der Waals surface area contributed by atoms with Crippen molar-refractivity contribution in [3.05, 3.63) is 90.0 Å². The number of anilines is 1. The summed E-state index contributed by atoms with van der Waals surface area (Å²) in [5.74, 6) is -1.53. The van der Waals surface area contributed by atoms with Crippen molar-refractivity contribution in [1.82, 2.24) is 10.9 Å². The number of amides is 3. The van der Waals surface area contributed by atoms with E-state index in [1.165, 1.54) is 7.11 Å². The van der Waals surface area contributed by atoms with Crippen LogP contribution in [0.4, 0.5) is 5.69 Å². The van der Waals surface area contributed by atoms with Gasteiger partial charge in [0.05, 0.1) is 18.4 Å². The molecule has 0 fully saturated rings. The first-order valence-electron chi connectivity index (χ1n) is 10.4. The molecule has 0 radical (unpaired) electrons. The van der Waals surface area contributed by atoms with E-state index in [2.05, 4.69) is 16.2 Å². The molecule has 0 saturated heterocycles. The number of hydrazine groups is 1. The Balaban J connectivity index is 1.48. The van der Waals surface area contributed by atoms with E-state index in [1.807, 2.05) is 0 Å². The van der Waals surface area contributed by atoms with E-state index < -0.39 is 24.4 Å². The van der Waals surface area contributed by atoms with Crippen LogP contribution in [-0.4, -0.2) is 43.2 Å². The number of methoxy groups -OCH3 is 1. The fraction of sp³-hybridized carbons (Fsp3) is 0.120. The van der Waals surface area contributed by atoms with Crippen LogP contribution in [-0.2, 0) is 14.3 Å². The van der Waals surface area contributed by atoms with Crippen molar-refractivity contribution < 1.29 is 28.7 Å². The minimum Gasteiger partial charge on any atom is -0.497 e. The van der Waals surface area contributed by atoms with Gasteiger partial charge < -0.3 is 14.8 Å². The Morgan fingerprint density at radius 2 is 1.57 bits per heavy atom. The maximum atomic E-state index is 12.5. The molecule has 0 aliphatic heterocycles. The molecule has 0 aliphatic carbocycles. The van der Waals surface area contributed by atoms with Crippen molar-refractivity contribution in [3.8, 4) is 5.75 Å². The van der Waals surface area contributed by atoms with Gasteiger partial charge in [0, 0.05) is 22.2 Å². The first-order valence-corrected chi connectivity index (χ1v) is 11.4. The van der Waals surface area contributed by atoms with Gasteiger partial charge in [0.1, 0.15) is 5.75 Å². The van der Waals surface area contributed by atoms with Gasteiger partial charge in [0.2, 0.25) is 5.91 Å². The van der Waals surface area contributed by atoms with Crippen molar-refractivity contribution >= 4 is 41.1 Å². The first kappa shape index (κ1) is 25.3. The van der Waals surface area contributed by atoms with Gasteiger partial charge in [-0.15, -0.1) is 11.8 Å². The van der Waals surface area contributed by atoms with Crippen molar-refractivity contribution in [3.63, 3.8) is 0 Å². The first-order chi connectivity index (χ1) is 17.0. The summed E-state index contributed by atoms with van der Waals surface area (Å²) in [6.07, 6.45) is 0. The predicted molar refractivity (Wildman–Crippen MR) is 131 cm³/mol. The molecule has 0 aliphatic rings. The summed E-state index contributed by atoms with van der Waals surface area (Å²) in [6, 6.07) is 21.9. The van der Waals surface area contributed by atoms with Crippen molar-refractivity contribution in [2.24, 2.45) is 0 Å². The second-order valence-corrected chi connectivity index (χ2v) is 8.03. The van der Waals surface area contributed by atoms with Crippen LogP contribution < -0.4 is 20.9 Å². The quantitative estimate of drug-likeness (QED) is 0.238. The normalized spacial score (nSPS) is 10.1. The largest absolute Gasteiger partial charge is 0.497 e. The lowest BCUT2D eigenvalue weighted by atomic mass is 10.2. The molecule has 35 heavy (non-hydrogen) atoms. The molecule has 3 aromatic carbocycles. The number of rotatable bonds is 9. The molecule has 0 bridgehead atoms. The topological polar surface area (TPSA) is 123 Å². The molecule has 10 heteroatoms. The minimum atomic E-state index is -0.731. The molecule has 3 amide bonds. The van der Waals surface area contributed by atoms with Crippen LogP contribution in [0, 0.1) is 0 Å². The van der Waals surface area contributed by atoms with Crippen LogP contribution >= 0.6 is 11.8 Å². The molecule has 3 aromatic rings. The lowest BCUT2D eigenvalue weighted by Gasteiger charge is -2.11. The van der Waals surface area contributed by atoms with Crippen molar-refractivity contribution in [1.29, 1.82) is 0 Å². The molecule has 0 saturated carbocycles. The maximum Gasteiger partial charge on any atom is 0.339 e. The summed E-state index contributed by atoms with van der Waals surface area (Å²) >= 11 is 1.16. The highest BCUT2D eigenvalue weighted by Crippen LogP contribution is 2.24. The SMILES string of the molecule is COc1cccc(NC(=O)CSc2ccccc2C(=O)OCC(=O)NNC(=O)c2ccccc2)c1. The zero-order valence-electron chi connectivity index (χ0n) is 18.8. The molecule has 0 spiro atoms. The fourth-order valence-corrected chi connectivity index (χ4v) is 3.68. The summed E-state index contributed by atoms with van der Waals surface area (Å²) in [5.41, 5.74) is 5.61. The van der Waals surface area contributed by atoms with E-state index in [0.717, 1.165) is 11.8 Å². The number of hydrogen-bond donors (Lipinski definition) is 3. The fourth-order valence-electron chi connectivity index (χ4n) is 2.84. The van der Waals surface area contributed by atoms with E-state index in [-0.39, 0.29) is 17.2 Å². The predicted octanol–water partition coefficient (Wildman–Crippen LogP) is 3.04. The third kappa shape index (κ3) is 7.90. The summed E-state index contributed by atoms with van der Waals surface area (Å²) < 4.78 is 10.2. The zero-order chi connectivity index (χ0) is 25.0. The smallest absolute Gasteiger partial charge is 0.339 e. The maximum absolute atomic E-state index is 12.5. The molecule has 3 N–H and O–H groups in total. The number of esters is 1. The van der Waals surface area contributed by atoms with E-state index in [1.54, 1.807) is 78.9 Å². The summed E-state index contributed by atoms with van der Waals surface area (Å²) in [7, 11) is 1.54. The third-order valence-electron chi connectivity index (χ3n) is 4.51. The second kappa shape index (κ2) is 12.8. The van der Waals surface area contributed by atoms with Gasteiger partial charge in [-0.1, -0.05) is 36.4 Å². The third-order valence-corrected chi connectivity index (χ3v) is 5.58. The standard InChI is InChI=1S/C25H23N3O6S/c1-33-19-11-7-10-18(14-19)26-23(30)16-35-21-13-6-5-12-20(21)25(32)34-15-22(29)27-28-24(31)17-8-3-2-4-9-17/h2-14H,15-16H2,1H3,(H,26,30)(H,27,29)(H,28,31). The average molecular weight is 494 g/mol. The van der Waals surface area contributed by atoms with Crippen LogP contribution in [0.2, 0.25) is 0 Å². The number of thioether (sulfide) groups is 1. The van der Waals surface area contributed by atoms with Crippen molar-refractivity contribution in [2.75, 3.05) is 24.8 Å². The van der Waals surface area contributed by atoms with E-state index in [9.17, 15) is 19.2 Å². The van der Waals surface area contributed by atoms with E-state index >= 15 is 0 Å². The van der Waals surface area contributed by atoms with Gasteiger partial charge in [-0.2, -0.15) is 0 Å². The number of carbonyl (C=O) groups is 4. The van der Waals surface area contributed by atoms with E-state index in [4.69, 9.17) is 9.47 Å².